The van der Waals surface area contributed by atoms with Gasteiger partial charge >= 0.3 is 0 Å². The fourth-order valence-electron chi connectivity index (χ4n) is 2.10. The molecule has 0 fully saturated rings. The number of hydrogen-bond donors (Lipinski definition) is 0. The van der Waals surface area contributed by atoms with E-state index in [4.69, 9.17) is 11.6 Å². The minimum absolute atomic E-state index is 0.549. The molecule has 1 heterocycles. The van der Waals surface area contributed by atoms with Gasteiger partial charge in [0.1, 0.15) is 5.82 Å². The number of rotatable bonds is 6. The van der Waals surface area contributed by atoms with Crippen molar-refractivity contribution in [2.45, 2.75) is 40.5 Å². The molecule has 0 saturated heterocycles. The van der Waals surface area contributed by atoms with Crippen LogP contribution >= 0.6 is 11.6 Å². The summed E-state index contributed by atoms with van der Waals surface area (Å²) >= 11 is 5.94. The first kappa shape index (κ1) is 15.3. The van der Waals surface area contributed by atoms with Crippen LogP contribution in [-0.4, -0.2) is 18.1 Å². The molecule has 18 heavy (non-hydrogen) atoms. The van der Waals surface area contributed by atoms with Gasteiger partial charge in [-0.25, -0.2) is 4.98 Å². The van der Waals surface area contributed by atoms with Crippen molar-refractivity contribution in [3.8, 4) is 0 Å². The molecule has 0 aromatic carbocycles. The molecule has 0 atom stereocenters. The van der Waals surface area contributed by atoms with Crippen LogP contribution in [0.3, 0.4) is 0 Å². The number of aryl methyl sites for hydroxylation is 1. The smallest absolute Gasteiger partial charge is 0.129 e. The summed E-state index contributed by atoms with van der Waals surface area (Å²) in [5.41, 5.74) is 2.19. The van der Waals surface area contributed by atoms with Gasteiger partial charge in [0.05, 0.1) is 0 Å². The Morgan fingerprint density at radius 3 is 2.11 bits per heavy atom. The molecule has 0 radical (unpaired) electrons. The molecule has 0 bridgehead atoms. The fourth-order valence-corrected chi connectivity index (χ4v) is 2.26. The summed E-state index contributed by atoms with van der Waals surface area (Å²) in [6, 6.07) is 4.17. The van der Waals surface area contributed by atoms with Crippen molar-refractivity contribution in [3.63, 3.8) is 0 Å². The molecule has 1 aromatic heterocycles. The zero-order valence-corrected chi connectivity index (χ0v) is 13.0. The average Bonchev–Trinajstić information content (AvgIpc) is 2.26. The number of pyridine rings is 1. The SMILES string of the molecule is Cc1cc(CCl)cc(N(CC(C)C)CC(C)C)n1. The Labute approximate surface area is 116 Å². The van der Waals surface area contributed by atoms with E-state index in [0.717, 1.165) is 30.2 Å². The largest absolute Gasteiger partial charge is 0.356 e. The van der Waals surface area contributed by atoms with Crippen molar-refractivity contribution >= 4 is 17.4 Å². The molecule has 1 aromatic rings. The van der Waals surface area contributed by atoms with Crippen LogP contribution in [0.2, 0.25) is 0 Å². The van der Waals surface area contributed by atoms with E-state index in [1.165, 1.54) is 0 Å². The van der Waals surface area contributed by atoms with Crippen LogP contribution in [0.15, 0.2) is 12.1 Å². The van der Waals surface area contributed by atoms with Crippen LogP contribution in [0.25, 0.3) is 0 Å². The monoisotopic (exact) mass is 268 g/mol. The highest BCUT2D eigenvalue weighted by molar-refractivity contribution is 6.17. The molecule has 0 saturated carbocycles. The summed E-state index contributed by atoms with van der Waals surface area (Å²) < 4.78 is 0. The van der Waals surface area contributed by atoms with E-state index in [2.05, 4.69) is 49.7 Å². The van der Waals surface area contributed by atoms with Gasteiger partial charge in [-0.3, -0.25) is 0 Å². The lowest BCUT2D eigenvalue weighted by Crippen LogP contribution is -2.32. The first-order chi connectivity index (χ1) is 8.42. The molecular formula is C15H25ClN2. The van der Waals surface area contributed by atoms with Gasteiger partial charge in [0, 0.05) is 24.7 Å². The first-order valence-electron chi connectivity index (χ1n) is 6.70. The van der Waals surface area contributed by atoms with Crippen molar-refractivity contribution in [1.29, 1.82) is 0 Å². The Morgan fingerprint density at radius 2 is 1.67 bits per heavy atom. The van der Waals surface area contributed by atoms with E-state index >= 15 is 0 Å². The highest BCUT2D eigenvalue weighted by Crippen LogP contribution is 2.19. The van der Waals surface area contributed by atoms with Gasteiger partial charge in [0.15, 0.2) is 0 Å². The molecule has 2 nitrogen and oxygen atoms in total. The molecule has 0 aliphatic heterocycles. The van der Waals surface area contributed by atoms with E-state index in [9.17, 15) is 0 Å². The van der Waals surface area contributed by atoms with Crippen molar-refractivity contribution in [3.05, 3.63) is 23.4 Å². The van der Waals surface area contributed by atoms with Crippen LogP contribution < -0.4 is 4.90 Å². The minimum Gasteiger partial charge on any atom is -0.356 e. The van der Waals surface area contributed by atoms with Crippen LogP contribution in [-0.2, 0) is 5.88 Å². The number of anilines is 1. The zero-order valence-electron chi connectivity index (χ0n) is 12.2. The van der Waals surface area contributed by atoms with Crippen molar-refractivity contribution in [2.24, 2.45) is 11.8 Å². The topological polar surface area (TPSA) is 16.1 Å². The standard InChI is InChI=1S/C15H25ClN2/c1-11(2)9-18(10-12(3)4)15-7-14(8-16)6-13(5)17-15/h6-7,11-12H,8-10H2,1-5H3. The summed E-state index contributed by atoms with van der Waals surface area (Å²) in [5, 5.41) is 0. The van der Waals surface area contributed by atoms with Gasteiger partial charge in [-0.05, 0) is 36.5 Å². The normalized spacial score (nSPS) is 11.3. The number of alkyl halides is 1. The number of halogens is 1. The predicted molar refractivity (Wildman–Crippen MR) is 80.4 cm³/mol. The quantitative estimate of drug-likeness (QED) is 0.717. The maximum atomic E-state index is 5.94. The van der Waals surface area contributed by atoms with Crippen molar-refractivity contribution in [2.75, 3.05) is 18.0 Å². The van der Waals surface area contributed by atoms with Gasteiger partial charge in [0.2, 0.25) is 0 Å². The Balaban J connectivity index is 2.99. The summed E-state index contributed by atoms with van der Waals surface area (Å²) in [6.07, 6.45) is 0. The summed E-state index contributed by atoms with van der Waals surface area (Å²) in [6.45, 7) is 13.1. The number of hydrogen-bond acceptors (Lipinski definition) is 2. The second-order valence-electron chi connectivity index (χ2n) is 5.80. The molecule has 0 aliphatic rings. The Kier molecular flexibility index (Phi) is 5.94. The third-order valence-corrected chi connectivity index (χ3v) is 2.96. The van der Waals surface area contributed by atoms with Gasteiger partial charge in [-0.15, -0.1) is 11.6 Å². The second kappa shape index (κ2) is 6.98. The maximum Gasteiger partial charge on any atom is 0.129 e. The van der Waals surface area contributed by atoms with Crippen LogP contribution in [0, 0.1) is 18.8 Å². The first-order valence-corrected chi connectivity index (χ1v) is 7.24. The van der Waals surface area contributed by atoms with Crippen molar-refractivity contribution < 1.29 is 0 Å². The van der Waals surface area contributed by atoms with E-state index in [1.54, 1.807) is 0 Å². The summed E-state index contributed by atoms with van der Waals surface area (Å²) in [7, 11) is 0. The summed E-state index contributed by atoms with van der Waals surface area (Å²) in [4.78, 5) is 7.03. The number of aromatic nitrogens is 1. The van der Waals surface area contributed by atoms with Gasteiger partial charge in [-0.1, -0.05) is 27.7 Å². The zero-order chi connectivity index (χ0) is 13.7. The molecule has 1 rings (SSSR count). The number of nitrogens with zero attached hydrogens (tertiary/aromatic N) is 2. The Bertz CT molecular complexity index is 365. The highest BCUT2D eigenvalue weighted by Gasteiger charge is 2.12. The van der Waals surface area contributed by atoms with Gasteiger partial charge in [-0.2, -0.15) is 0 Å². The summed E-state index contributed by atoms with van der Waals surface area (Å²) in [5.74, 6) is 2.87. The average molecular weight is 269 g/mol. The van der Waals surface area contributed by atoms with Crippen LogP contribution in [0.4, 0.5) is 5.82 Å². The minimum atomic E-state index is 0.549. The molecule has 0 amide bonds. The molecule has 0 spiro atoms. The lowest BCUT2D eigenvalue weighted by molar-refractivity contribution is 0.548. The molecule has 0 unspecified atom stereocenters. The van der Waals surface area contributed by atoms with E-state index in [-0.39, 0.29) is 0 Å². The van der Waals surface area contributed by atoms with Gasteiger partial charge < -0.3 is 4.90 Å². The fraction of sp³-hybridized carbons (Fsp3) is 0.667. The molecule has 3 heteroatoms. The molecular weight excluding hydrogens is 244 g/mol. The second-order valence-corrected chi connectivity index (χ2v) is 6.07. The third-order valence-electron chi connectivity index (χ3n) is 2.65. The lowest BCUT2D eigenvalue weighted by atomic mass is 10.1. The van der Waals surface area contributed by atoms with Crippen LogP contribution in [0.1, 0.15) is 39.0 Å². The van der Waals surface area contributed by atoms with E-state index < -0.39 is 0 Å². The van der Waals surface area contributed by atoms with Gasteiger partial charge in [0.25, 0.3) is 0 Å². The molecule has 102 valence electrons. The predicted octanol–water partition coefficient (Wildman–Crippen LogP) is 4.25. The Hall–Kier alpha value is -0.760. The maximum absolute atomic E-state index is 5.94. The Morgan fingerprint density at radius 1 is 1.11 bits per heavy atom. The van der Waals surface area contributed by atoms with Crippen molar-refractivity contribution in [1.82, 2.24) is 4.98 Å². The molecule has 0 N–H and O–H groups in total. The highest BCUT2D eigenvalue weighted by atomic mass is 35.5. The lowest BCUT2D eigenvalue weighted by Gasteiger charge is -2.28. The van der Waals surface area contributed by atoms with E-state index in [0.29, 0.717) is 17.7 Å². The van der Waals surface area contributed by atoms with Crippen LogP contribution in [0.5, 0.6) is 0 Å². The molecule has 0 aliphatic carbocycles. The third kappa shape index (κ3) is 4.85. The van der Waals surface area contributed by atoms with E-state index in [1.807, 2.05) is 6.92 Å².